The SMILES string of the molecule is CC(C)n1c(Nc2ccc(C(F)(F)F)cc2)nc2c(N)ncnc21. The zero-order chi connectivity index (χ0) is 17.5. The van der Waals surface area contributed by atoms with Gasteiger partial charge in [-0.05, 0) is 38.1 Å². The van der Waals surface area contributed by atoms with Crippen LogP contribution in [0.25, 0.3) is 11.2 Å². The van der Waals surface area contributed by atoms with E-state index >= 15 is 0 Å². The van der Waals surface area contributed by atoms with E-state index in [9.17, 15) is 13.2 Å². The maximum Gasteiger partial charge on any atom is 0.416 e. The van der Waals surface area contributed by atoms with Crippen LogP contribution >= 0.6 is 0 Å². The fraction of sp³-hybridized carbons (Fsp3) is 0.267. The Kier molecular flexibility index (Phi) is 3.78. The molecule has 0 aliphatic rings. The summed E-state index contributed by atoms with van der Waals surface area (Å²) < 4.78 is 39.7. The van der Waals surface area contributed by atoms with E-state index in [2.05, 4.69) is 20.3 Å². The van der Waals surface area contributed by atoms with Crippen LogP contribution in [0.1, 0.15) is 25.5 Å². The lowest BCUT2D eigenvalue weighted by Crippen LogP contribution is -2.08. The molecule has 3 aromatic rings. The lowest BCUT2D eigenvalue weighted by molar-refractivity contribution is -0.137. The van der Waals surface area contributed by atoms with Gasteiger partial charge in [-0.15, -0.1) is 0 Å². The number of nitrogens with one attached hydrogen (secondary N) is 1. The summed E-state index contributed by atoms with van der Waals surface area (Å²) in [4.78, 5) is 12.5. The summed E-state index contributed by atoms with van der Waals surface area (Å²) in [6, 6.07) is 4.74. The number of anilines is 3. The van der Waals surface area contributed by atoms with Crippen molar-refractivity contribution in [2.24, 2.45) is 0 Å². The molecule has 0 fully saturated rings. The Morgan fingerprint density at radius 2 is 1.79 bits per heavy atom. The summed E-state index contributed by atoms with van der Waals surface area (Å²) >= 11 is 0. The molecule has 0 saturated carbocycles. The van der Waals surface area contributed by atoms with Crippen LogP contribution in [0.4, 0.5) is 30.6 Å². The molecule has 0 amide bonds. The van der Waals surface area contributed by atoms with Crippen molar-refractivity contribution in [3.63, 3.8) is 0 Å². The fourth-order valence-electron chi connectivity index (χ4n) is 2.38. The van der Waals surface area contributed by atoms with E-state index in [-0.39, 0.29) is 11.9 Å². The van der Waals surface area contributed by atoms with Gasteiger partial charge in [0.05, 0.1) is 5.56 Å². The topological polar surface area (TPSA) is 81.7 Å². The highest BCUT2D eigenvalue weighted by atomic mass is 19.4. The van der Waals surface area contributed by atoms with E-state index < -0.39 is 11.7 Å². The van der Waals surface area contributed by atoms with Gasteiger partial charge in [0.15, 0.2) is 17.0 Å². The van der Waals surface area contributed by atoms with Crippen LogP contribution in [0.15, 0.2) is 30.6 Å². The molecule has 24 heavy (non-hydrogen) atoms. The first kappa shape index (κ1) is 16.0. The van der Waals surface area contributed by atoms with Crippen molar-refractivity contribution in [1.82, 2.24) is 19.5 Å². The number of fused-ring (bicyclic) bond motifs is 1. The number of nitrogen functional groups attached to an aromatic ring is 1. The molecule has 0 spiro atoms. The monoisotopic (exact) mass is 336 g/mol. The van der Waals surface area contributed by atoms with Crippen molar-refractivity contribution in [3.8, 4) is 0 Å². The molecule has 0 bridgehead atoms. The van der Waals surface area contributed by atoms with E-state index in [4.69, 9.17) is 5.73 Å². The minimum absolute atomic E-state index is 0.0150. The van der Waals surface area contributed by atoms with Gasteiger partial charge in [-0.3, -0.25) is 4.57 Å². The quantitative estimate of drug-likeness (QED) is 0.761. The van der Waals surface area contributed by atoms with Crippen LogP contribution < -0.4 is 11.1 Å². The first-order chi connectivity index (χ1) is 11.3. The van der Waals surface area contributed by atoms with Gasteiger partial charge < -0.3 is 11.1 Å². The maximum absolute atomic E-state index is 12.6. The van der Waals surface area contributed by atoms with Gasteiger partial charge in [0.2, 0.25) is 5.95 Å². The van der Waals surface area contributed by atoms with Crippen LogP contribution in [-0.2, 0) is 6.18 Å². The second-order valence-corrected chi connectivity index (χ2v) is 5.53. The van der Waals surface area contributed by atoms with Gasteiger partial charge in [-0.1, -0.05) is 0 Å². The lowest BCUT2D eigenvalue weighted by Gasteiger charge is -2.14. The van der Waals surface area contributed by atoms with Gasteiger partial charge in [-0.2, -0.15) is 13.2 Å². The zero-order valence-corrected chi connectivity index (χ0v) is 13.0. The number of aromatic nitrogens is 4. The van der Waals surface area contributed by atoms with Crippen molar-refractivity contribution in [2.75, 3.05) is 11.1 Å². The van der Waals surface area contributed by atoms with E-state index in [1.54, 1.807) is 0 Å². The Hall–Kier alpha value is -2.84. The van der Waals surface area contributed by atoms with Gasteiger partial charge in [-0.25, -0.2) is 15.0 Å². The Morgan fingerprint density at radius 3 is 2.38 bits per heavy atom. The van der Waals surface area contributed by atoms with Crippen molar-refractivity contribution in [3.05, 3.63) is 36.2 Å². The molecule has 9 heteroatoms. The van der Waals surface area contributed by atoms with Crippen LogP contribution in [0, 0.1) is 0 Å². The minimum atomic E-state index is -4.37. The van der Waals surface area contributed by atoms with Gasteiger partial charge in [0, 0.05) is 11.7 Å². The average molecular weight is 336 g/mol. The smallest absolute Gasteiger partial charge is 0.382 e. The number of alkyl halides is 3. The number of halogens is 3. The number of hydrogen-bond acceptors (Lipinski definition) is 5. The van der Waals surface area contributed by atoms with E-state index in [0.717, 1.165) is 12.1 Å². The Balaban J connectivity index is 2.01. The third kappa shape index (κ3) is 2.84. The molecule has 0 atom stereocenters. The Morgan fingerprint density at radius 1 is 1.12 bits per heavy atom. The molecule has 126 valence electrons. The molecule has 0 aliphatic heterocycles. The van der Waals surface area contributed by atoms with E-state index in [1.807, 2.05) is 18.4 Å². The molecule has 3 N–H and O–H groups in total. The Labute approximate surface area is 135 Å². The fourth-order valence-corrected chi connectivity index (χ4v) is 2.38. The molecule has 6 nitrogen and oxygen atoms in total. The van der Waals surface area contributed by atoms with Gasteiger partial charge in [0.1, 0.15) is 6.33 Å². The summed E-state index contributed by atoms with van der Waals surface area (Å²) in [6.45, 7) is 3.88. The number of nitrogens with two attached hydrogens (primary N) is 1. The van der Waals surface area contributed by atoms with Crippen molar-refractivity contribution in [1.29, 1.82) is 0 Å². The maximum atomic E-state index is 12.6. The Bertz CT molecular complexity index is 867. The van der Waals surface area contributed by atoms with Gasteiger partial charge >= 0.3 is 6.18 Å². The molecule has 1 aromatic carbocycles. The molecule has 3 rings (SSSR count). The predicted octanol–water partition coefficient (Wildman–Crippen LogP) is 3.75. The normalized spacial score (nSPS) is 12.1. The van der Waals surface area contributed by atoms with E-state index in [0.29, 0.717) is 22.8 Å². The molecule has 0 aliphatic carbocycles. The average Bonchev–Trinajstić information content (AvgIpc) is 2.86. The molecular weight excluding hydrogens is 321 g/mol. The summed E-state index contributed by atoms with van der Waals surface area (Å²) in [6.07, 6.45) is -3.02. The largest absolute Gasteiger partial charge is 0.416 e. The van der Waals surface area contributed by atoms with Crippen LogP contribution in [0.5, 0.6) is 0 Å². The van der Waals surface area contributed by atoms with Crippen molar-refractivity contribution in [2.45, 2.75) is 26.1 Å². The molecule has 2 heterocycles. The second kappa shape index (κ2) is 5.66. The molecule has 0 unspecified atom stereocenters. The third-order valence-electron chi connectivity index (χ3n) is 3.49. The van der Waals surface area contributed by atoms with Crippen molar-refractivity contribution < 1.29 is 13.2 Å². The summed E-state index contributed by atoms with van der Waals surface area (Å²) in [7, 11) is 0. The van der Waals surface area contributed by atoms with Crippen molar-refractivity contribution >= 4 is 28.6 Å². The summed E-state index contributed by atoms with van der Waals surface area (Å²) in [5, 5.41) is 3.01. The number of hydrogen-bond donors (Lipinski definition) is 2. The number of imidazole rings is 1. The first-order valence-corrected chi connectivity index (χ1v) is 7.20. The second-order valence-electron chi connectivity index (χ2n) is 5.53. The highest BCUT2D eigenvalue weighted by molar-refractivity contribution is 5.84. The minimum Gasteiger partial charge on any atom is -0.382 e. The molecule has 0 radical (unpaired) electrons. The van der Waals surface area contributed by atoms with Crippen LogP contribution in [0.3, 0.4) is 0 Å². The van der Waals surface area contributed by atoms with Crippen LogP contribution in [0.2, 0.25) is 0 Å². The predicted molar refractivity (Wildman–Crippen MR) is 84.8 cm³/mol. The van der Waals surface area contributed by atoms with E-state index in [1.165, 1.54) is 18.5 Å². The number of nitrogens with zero attached hydrogens (tertiary/aromatic N) is 4. The number of rotatable bonds is 3. The summed E-state index contributed by atoms with van der Waals surface area (Å²) in [5.41, 5.74) is 6.60. The first-order valence-electron chi connectivity index (χ1n) is 7.20. The lowest BCUT2D eigenvalue weighted by atomic mass is 10.2. The van der Waals surface area contributed by atoms with Crippen LogP contribution in [-0.4, -0.2) is 19.5 Å². The highest BCUT2D eigenvalue weighted by Gasteiger charge is 2.30. The molecule has 2 aromatic heterocycles. The highest BCUT2D eigenvalue weighted by Crippen LogP contribution is 2.31. The molecule has 0 saturated heterocycles. The van der Waals surface area contributed by atoms with Gasteiger partial charge in [0.25, 0.3) is 0 Å². The third-order valence-corrected chi connectivity index (χ3v) is 3.49. The standard InChI is InChI=1S/C15H15F3N6/c1-8(2)24-13-11(12(19)20-7-21-13)23-14(24)22-10-5-3-9(4-6-10)15(16,17)18/h3-8H,1-2H3,(H,22,23)(H2,19,20,21). The number of benzene rings is 1. The summed E-state index contributed by atoms with van der Waals surface area (Å²) in [5.74, 6) is 0.682. The molecular formula is C15H15F3N6. The zero-order valence-electron chi connectivity index (χ0n) is 13.0.